The first-order valence-corrected chi connectivity index (χ1v) is 7.18. The second kappa shape index (κ2) is 2.20. The van der Waals surface area contributed by atoms with Crippen LogP contribution in [0.15, 0.2) is 0 Å². The van der Waals surface area contributed by atoms with Crippen molar-refractivity contribution in [1.29, 1.82) is 0 Å². The average Bonchev–Trinajstić information content (AvgIpc) is 0.811. The van der Waals surface area contributed by atoms with Crippen LogP contribution in [-0.2, 0) is 11.4 Å². The molecule has 0 bridgehead atoms. The Morgan fingerprint density at radius 1 is 2.00 bits per heavy atom. The van der Waals surface area contributed by atoms with E-state index in [1.165, 1.54) is 8.89 Å². The predicted octanol–water partition coefficient (Wildman–Crippen LogP) is 0.0456. The summed E-state index contributed by atoms with van der Waals surface area (Å²) in [6.45, 7) is 0. The molecule has 0 amide bonds. The summed E-state index contributed by atoms with van der Waals surface area (Å²) in [5.74, 6) is 2.11. The Morgan fingerprint density at radius 2 is 2.00 bits per heavy atom. The Labute approximate surface area is 37.1 Å². The molecule has 0 unspecified atom stereocenters. The van der Waals surface area contributed by atoms with Gasteiger partial charge in [0, 0.05) is 0 Å². The molecule has 0 fully saturated rings. The van der Waals surface area contributed by atoms with Crippen molar-refractivity contribution >= 4 is 19.5 Å². The van der Waals surface area contributed by atoms with Crippen molar-refractivity contribution in [2.24, 2.45) is 0 Å². The third kappa shape index (κ3) is 12.5. The standard InChI is InChI=1S/CH3.Co.S.H3Si/h1H3;;;1H3. The topological polar surface area (TPSA) is 0 Å². The minimum atomic E-state index is 0.118. The Morgan fingerprint density at radius 3 is 2.00 bits per heavy atom. The van der Waals surface area contributed by atoms with Gasteiger partial charge in [0.25, 0.3) is 0 Å². The molecular formula is CH6CoSSi. The molecule has 0 saturated heterocycles. The van der Waals surface area contributed by atoms with E-state index in [-0.39, 0.29) is 11.4 Å². The predicted molar refractivity (Wildman–Crippen MR) is 23.4 cm³/mol. The van der Waals surface area contributed by atoms with Crippen LogP contribution >= 0.6 is 10.6 Å². The maximum absolute atomic E-state index is 4.74. The summed E-state index contributed by atoms with van der Waals surface area (Å²) in [6.07, 6.45) is 0. The van der Waals surface area contributed by atoms with E-state index in [4.69, 9.17) is 10.6 Å². The molecule has 0 aromatic carbocycles. The normalized spacial score (nSPS) is 11.8. The van der Waals surface area contributed by atoms with E-state index in [0.717, 1.165) is 0 Å². The van der Waals surface area contributed by atoms with Crippen LogP contribution in [0.2, 0.25) is 5.86 Å². The molecule has 0 spiro atoms. The van der Waals surface area contributed by atoms with E-state index in [1.807, 2.05) is 0 Å². The third-order valence-corrected chi connectivity index (χ3v) is 0. The first-order chi connectivity index (χ1) is 1.73. The average molecular weight is 137 g/mol. The number of rotatable bonds is 0. The van der Waals surface area contributed by atoms with Crippen molar-refractivity contribution in [3.05, 3.63) is 0 Å². The Hall–Kier alpha value is 0.943. The minimum absolute atomic E-state index is 0.118. The zero-order valence-corrected chi connectivity index (χ0v) is 6.60. The molecule has 0 aliphatic carbocycles. The fourth-order valence-corrected chi connectivity index (χ4v) is 0. The molecule has 0 radical (unpaired) electrons. The summed E-state index contributed by atoms with van der Waals surface area (Å²) in [4.78, 5) is 0. The fraction of sp³-hybridized carbons (Fsp3) is 1.00. The monoisotopic (exact) mass is 137 g/mol. The van der Waals surface area contributed by atoms with Crippen LogP contribution in [0.4, 0.5) is 0 Å². The molecule has 0 atom stereocenters. The van der Waals surface area contributed by atoms with E-state index in [1.54, 1.807) is 0 Å². The first-order valence-electron chi connectivity index (χ1n) is 0.803. The van der Waals surface area contributed by atoms with Gasteiger partial charge in [-0.25, -0.2) is 0 Å². The van der Waals surface area contributed by atoms with E-state index >= 15 is 0 Å². The van der Waals surface area contributed by atoms with Gasteiger partial charge in [-0.2, -0.15) is 0 Å². The quantitative estimate of drug-likeness (QED) is 0.425. The van der Waals surface area contributed by atoms with Crippen LogP contribution in [0.5, 0.6) is 0 Å². The van der Waals surface area contributed by atoms with Gasteiger partial charge in [0.15, 0.2) is 0 Å². The molecule has 0 aromatic rings. The molecule has 0 rings (SSSR count). The van der Waals surface area contributed by atoms with Crippen LogP contribution < -0.4 is 0 Å². The van der Waals surface area contributed by atoms with Gasteiger partial charge in [-0.15, -0.1) is 0 Å². The molecule has 4 heavy (non-hydrogen) atoms. The van der Waals surface area contributed by atoms with Crippen LogP contribution in [0.1, 0.15) is 0 Å². The summed E-state index contributed by atoms with van der Waals surface area (Å²) >= 11 is 0.118. The Kier molecular flexibility index (Phi) is 2.72. The van der Waals surface area contributed by atoms with E-state index in [2.05, 4.69) is 5.86 Å². The van der Waals surface area contributed by atoms with Gasteiger partial charge < -0.3 is 0 Å². The van der Waals surface area contributed by atoms with Gasteiger partial charge >= 0.3 is 36.8 Å². The molecule has 0 saturated carbocycles. The van der Waals surface area contributed by atoms with Gasteiger partial charge in [0.05, 0.1) is 0 Å². The maximum atomic E-state index is 4.74. The van der Waals surface area contributed by atoms with E-state index < -0.39 is 0 Å². The number of hydrogen-bond acceptors (Lipinski definition) is 1. The van der Waals surface area contributed by atoms with Crippen molar-refractivity contribution in [3.8, 4) is 0 Å². The van der Waals surface area contributed by atoms with Gasteiger partial charge in [-0.3, -0.25) is 0 Å². The molecule has 0 aliphatic rings. The molecule has 29 valence electrons. The second-order valence-corrected chi connectivity index (χ2v) is 10.9. The molecule has 3 heteroatoms. The van der Waals surface area contributed by atoms with Crippen LogP contribution in [-0.4, -0.2) is 8.89 Å². The van der Waals surface area contributed by atoms with Crippen LogP contribution in [0, 0.1) is 0 Å². The van der Waals surface area contributed by atoms with Crippen molar-refractivity contribution in [2.75, 3.05) is 0 Å². The summed E-state index contributed by atoms with van der Waals surface area (Å²) in [6, 6.07) is 0. The van der Waals surface area contributed by atoms with Gasteiger partial charge in [-0.05, 0) is 0 Å². The van der Waals surface area contributed by atoms with E-state index in [9.17, 15) is 0 Å². The van der Waals surface area contributed by atoms with Crippen molar-refractivity contribution in [3.63, 3.8) is 0 Å². The van der Waals surface area contributed by atoms with Crippen LogP contribution in [0.3, 0.4) is 0 Å². The Balaban J connectivity index is 2.80. The third-order valence-electron chi connectivity index (χ3n) is 0. The number of hydrogen-bond donors (Lipinski definition) is 0. The molecule has 0 aromatic heterocycles. The second-order valence-electron chi connectivity index (χ2n) is 0.605. The first kappa shape index (κ1) is 4.94. The summed E-state index contributed by atoms with van der Waals surface area (Å²) in [5, 5.41) is 0. The Bertz CT molecular complexity index is 31.0. The summed E-state index contributed by atoms with van der Waals surface area (Å²) in [5.41, 5.74) is 0. The van der Waals surface area contributed by atoms with Gasteiger partial charge in [0.2, 0.25) is 0 Å². The van der Waals surface area contributed by atoms with Crippen LogP contribution in [0.25, 0.3) is 0 Å². The molecular weight excluding hydrogens is 131 g/mol. The zero-order chi connectivity index (χ0) is 3.58. The summed E-state index contributed by atoms with van der Waals surface area (Å²) < 4.78 is 0. The zero-order valence-electron chi connectivity index (χ0n) is 2.74. The van der Waals surface area contributed by atoms with Crippen molar-refractivity contribution in [1.82, 2.24) is 0 Å². The van der Waals surface area contributed by atoms with Gasteiger partial charge in [0.1, 0.15) is 0 Å². The summed E-state index contributed by atoms with van der Waals surface area (Å²) in [7, 11) is 5.97. The SMILES string of the molecule is [CH3][Co]([SiH3])=[S]. The van der Waals surface area contributed by atoms with Crippen molar-refractivity contribution < 1.29 is 11.4 Å². The molecule has 0 N–H and O–H groups in total. The van der Waals surface area contributed by atoms with Gasteiger partial charge in [-0.1, -0.05) is 0 Å². The van der Waals surface area contributed by atoms with E-state index in [0.29, 0.717) is 0 Å². The molecule has 0 heterocycles. The molecule has 0 nitrogen and oxygen atoms in total. The van der Waals surface area contributed by atoms with Crippen molar-refractivity contribution in [2.45, 2.75) is 5.86 Å². The fourth-order valence-electron chi connectivity index (χ4n) is 0. The molecule has 0 aliphatic heterocycles.